The van der Waals surface area contributed by atoms with Crippen LogP contribution in [-0.4, -0.2) is 37.6 Å². The SMILES string of the molecule is COc1ccc(-c2ccc(C(=O)NCCc3ccc(CN4CCCC4)cc3)cc2)cc1. The van der Waals surface area contributed by atoms with Crippen LogP contribution in [0.2, 0.25) is 0 Å². The number of nitrogens with one attached hydrogen (secondary N) is 1. The van der Waals surface area contributed by atoms with Crippen LogP contribution in [0.3, 0.4) is 0 Å². The second kappa shape index (κ2) is 10.3. The van der Waals surface area contributed by atoms with Gasteiger partial charge in [0, 0.05) is 18.7 Å². The molecule has 1 amide bonds. The highest BCUT2D eigenvalue weighted by Gasteiger charge is 2.11. The minimum absolute atomic E-state index is 0.0352. The Balaban J connectivity index is 1.25. The molecular weight excluding hydrogens is 384 g/mol. The molecule has 1 fully saturated rings. The summed E-state index contributed by atoms with van der Waals surface area (Å²) in [6, 6.07) is 24.4. The van der Waals surface area contributed by atoms with Gasteiger partial charge in [-0.1, -0.05) is 48.5 Å². The molecule has 1 aliphatic rings. The molecule has 1 N–H and O–H groups in total. The summed E-state index contributed by atoms with van der Waals surface area (Å²) < 4.78 is 5.20. The standard InChI is InChI=1S/C27H30N2O2/c1-31-26-14-12-24(13-15-26)23-8-10-25(11-9-23)27(30)28-17-16-21-4-6-22(7-5-21)20-29-18-2-3-19-29/h4-15H,2-3,16-20H2,1H3,(H,28,30). The fraction of sp³-hybridized carbons (Fsp3) is 0.296. The average Bonchev–Trinajstić information content (AvgIpc) is 3.33. The van der Waals surface area contributed by atoms with Crippen LogP contribution in [0.5, 0.6) is 5.75 Å². The van der Waals surface area contributed by atoms with Gasteiger partial charge in [-0.2, -0.15) is 0 Å². The number of methoxy groups -OCH3 is 1. The molecule has 0 spiro atoms. The van der Waals surface area contributed by atoms with E-state index in [0.29, 0.717) is 12.1 Å². The largest absolute Gasteiger partial charge is 0.497 e. The maximum atomic E-state index is 12.5. The summed E-state index contributed by atoms with van der Waals surface area (Å²) >= 11 is 0. The van der Waals surface area contributed by atoms with Crippen LogP contribution < -0.4 is 10.1 Å². The van der Waals surface area contributed by atoms with Gasteiger partial charge in [-0.3, -0.25) is 9.69 Å². The molecule has 3 aromatic rings. The average molecular weight is 415 g/mol. The van der Waals surface area contributed by atoms with Crippen LogP contribution >= 0.6 is 0 Å². The number of nitrogens with zero attached hydrogens (tertiary/aromatic N) is 1. The van der Waals surface area contributed by atoms with Crippen molar-refractivity contribution in [1.29, 1.82) is 0 Å². The number of likely N-dealkylation sites (tertiary alicyclic amines) is 1. The van der Waals surface area contributed by atoms with Gasteiger partial charge in [0.15, 0.2) is 0 Å². The van der Waals surface area contributed by atoms with E-state index >= 15 is 0 Å². The maximum absolute atomic E-state index is 12.5. The van der Waals surface area contributed by atoms with Crippen LogP contribution in [0, 0.1) is 0 Å². The molecule has 0 aliphatic carbocycles. The molecule has 0 bridgehead atoms. The molecule has 31 heavy (non-hydrogen) atoms. The summed E-state index contributed by atoms with van der Waals surface area (Å²) in [7, 11) is 1.66. The highest BCUT2D eigenvalue weighted by Crippen LogP contribution is 2.22. The van der Waals surface area contributed by atoms with Crippen molar-refractivity contribution < 1.29 is 9.53 Å². The van der Waals surface area contributed by atoms with Gasteiger partial charge in [-0.15, -0.1) is 0 Å². The predicted octanol–water partition coefficient (Wildman–Crippen LogP) is 4.93. The van der Waals surface area contributed by atoms with Crippen molar-refractivity contribution in [1.82, 2.24) is 10.2 Å². The van der Waals surface area contributed by atoms with Crippen molar-refractivity contribution in [3.63, 3.8) is 0 Å². The summed E-state index contributed by atoms with van der Waals surface area (Å²) in [5.41, 5.74) is 5.47. The number of hydrogen-bond acceptors (Lipinski definition) is 3. The molecule has 0 radical (unpaired) electrons. The van der Waals surface area contributed by atoms with Crippen molar-refractivity contribution in [3.8, 4) is 16.9 Å². The minimum Gasteiger partial charge on any atom is -0.497 e. The second-order valence-corrected chi connectivity index (χ2v) is 8.11. The number of hydrogen-bond donors (Lipinski definition) is 1. The Kier molecular flexibility index (Phi) is 7.00. The lowest BCUT2D eigenvalue weighted by atomic mass is 10.0. The fourth-order valence-electron chi connectivity index (χ4n) is 4.03. The molecule has 1 heterocycles. The Morgan fingerprint density at radius 2 is 1.42 bits per heavy atom. The summed E-state index contributed by atoms with van der Waals surface area (Å²) in [6.07, 6.45) is 3.48. The van der Waals surface area contributed by atoms with E-state index in [9.17, 15) is 4.79 Å². The number of amides is 1. The van der Waals surface area contributed by atoms with Gasteiger partial charge >= 0.3 is 0 Å². The Labute approximate surface area is 184 Å². The fourth-order valence-corrected chi connectivity index (χ4v) is 4.03. The molecule has 0 aromatic heterocycles. The molecular formula is C27H30N2O2. The Hall–Kier alpha value is -3.11. The molecule has 160 valence electrons. The summed E-state index contributed by atoms with van der Waals surface area (Å²) in [4.78, 5) is 15.0. The second-order valence-electron chi connectivity index (χ2n) is 8.11. The lowest BCUT2D eigenvalue weighted by Crippen LogP contribution is -2.25. The molecule has 0 saturated carbocycles. The highest BCUT2D eigenvalue weighted by molar-refractivity contribution is 5.94. The number of carbonyl (C=O) groups is 1. The van der Waals surface area contributed by atoms with Crippen LogP contribution in [0.15, 0.2) is 72.8 Å². The first kappa shape index (κ1) is 21.1. The zero-order valence-corrected chi connectivity index (χ0v) is 18.1. The molecule has 4 heteroatoms. The lowest BCUT2D eigenvalue weighted by molar-refractivity contribution is 0.0954. The quantitative estimate of drug-likeness (QED) is 0.568. The number of carbonyl (C=O) groups excluding carboxylic acids is 1. The van der Waals surface area contributed by atoms with Crippen LogP contribution in [0.4, 0.5) is 0 Å². The van der Waals surface area contributed by atoms with Gasteiger partial charge in [0.05, 0.1) is 7.11 Å². The van der Waals surface area contributed by atoms with Gasteiger partial charge < -0.3 is 10.1 Å². The first-order valence-corrected chi connectivity index (χ1v) is 11.0. The third-order valence-electron chi connectivity index (χ3n) is 5.90. The van der Waals surface area contributed by atoms with Crippen molar-refractivity contribution in [3.05, 3.63) is 89.5 Å². The zero-order valence-electron chi connectivity index (χ0n) is 18.1. The number of ether oxygens (including phenoxy) is 1. The maximum Gasteiger partial charge on any atom is 0.251 e. The van der Waals surface area contributed by atoms with Crippen molar-refractivity contribution in [2.45, 2.75) is 25.8 Å². The topological polar surface area (TPSA) is 41.6 Å². The van der Waals surface area contributed by atoms with Gasteiger partial charge in [0.25, 0.3) is 5.91 Å². The third-order valence-corrected chi connectivity index (χ3v) is 5.90. The van der Waals surface area contributed by atoms with Crippen molar-refractivity contribution in [2.24, 2.45) is 0 Å². The monoisotopic (exact) mass is 414 g/mol. The van der Waals surface area contributed by atoms with E-state index in [4.69, 9.17) is 4.74 Å². The Morgan fingerprint density at radius 3 is 2.03 bits per heavy atom. The van der Waals surface area contributed by atoms with Crippen molar-refractivity contribution in [2.75, 3.05) is 26.7 Å². The Bertz CT molecular complexity index is 973. The van der Waals surface area contributed by atoms with E-state index in [1.165, 1.54) is 37.1 Å². The zero-order chi connectivity index (χ0) is 21.5. The normalized spacial score (nSPS) is 13.8. The lowest BCUT2D eigenvalue weighted by Gasteiger charge is -2.14. The van der Waals surface area contributed by atoms with E-state index in [1.807, 2.05) is 48.5 Å². The van der Waals surface area contributed by atoms with E-state index in [2.05, 4.69) is 34.5 Å². The molecule has 1 aliphatic heterocycles. The highest BCUT2D eigenvalue weighted by atomic mass is 16.5. The number of benzene rings is 3. The van der Waals surface area contributed by atoms with Crippen LogP contribution in [-0.2, 0) is 13.0 Å². The molecule has 0 unspecified atom stereocenters. The summed E-state index contributed by atoms with van der Waals surface area (Å²) in [5, 5.41) is 3.03. The molecule has 0 atom stereocenters. The molecule has 3 aromatic carbocycles. The molecule has 1 saturated heterocycles. The summed E-state index contributed by atoms with van der Waals surface area (Å²) in [6.45, 7) is 4.11. The Morgan fingerprint density at radius 1 is 0.839 bits per heavy atom. The predicted molar refractivity (Wildman–Crippen MR) is 125 cm³/mol. The number of rotatable bonds is 8. The third kappa shape index (κ3) is 5.74. The van der Waals surface area contributed by atoms with E-state index in [0.717, 1.165) is 29.8 Å². The minimum atomic E-state index is -0.0352. The first-order chi connectivity index (χ1) is 15.2. The van der Waals surface area contributed by atoms with Crippen molar-refractivity contribution >= 4 is 5.91 Å². The van der Waals surface area contributed by atoms with Gasteiger partial charge in [-0.05, 0) is 78.9 Å². The van der Waals surface area contributed by atoms with Crippen LogP contribution in [0.25, 0.3) is 11.1 Å². The van der Waals surface area contributed by atoms with Gasteiger partial charge in [0.1, 0.15) is 5.75 Å². The van der Waals surface area contributed by atoms with Crippen LogP contribution in [0.1, 0.15) is 34.3 Å². The molecule has 4 rings (SSSR count). The first-order valence-electron chi connectivity index (χ1n) is 11.0. The summed E-state index contributed by atoms with van der Waals surface area (Å²) in [5.74, 6) is 0.799. The van der Waals surface area contributed by atoms with Gasteiger partial charge in [0.2, 0.25) is 0 Å². The molecule has 4 nitrogen and oxygen atoms in total. The van der Waals surface area contributed by atoms with E-state index < -0.39 is 0 Å². The van der Waals surface area contributed by atoms with E-state index in [-0.39, 0.29) is 5.91 Å². The van der Waals surface area contributed by atoms with Gasteiger partial charge in [-0.25, -0.2) is 0 Å². The smallest absolute Gasteiger partial charge is 0.251 e. The van der Waals surface area contributed by atoms with E-state index in [1.54, 1.807) is 7.11 Å².